The van der Waals surface area contributed by atoms with Gasteiger partial charge in [-0.3, -0.25) is 0 Å². The van der Waals surface area contributed by atoms with E-state index in [1.165, 1.54) is 24.3 Å². The first-order valence-electron chi connectivity index (χ1n) is 4.29. The molecule has 0 unspecified atom stereocenters. The minimum absolute atomic E-state index is 0.0903. The summed E-state index contributed by atoms with van der Waals surface area (Å²) in [7, 11) is 0. The molecule has 0 aromatic heterocycles. The molecule has 0 aliphatic rings. The number of hydrogen-bond donors (Lipinski definition) is 0. The molecule has 94 valence electrons. The highest BCUT2D eigenvalue weighted by molar-refractivity contribution is 5.59. The van der Waals surface area contributed by atoms with Crippen molar-refractivity contribution in [3.63, 3.8) is 0 Å². The summed E-state index contributed by atoms with van der Waals surface area (Å²) < 4.78 is 67.9. The standard InChI is InChI=1S/C8H5F3.C3H3F3/c9-7(8(10)11)6-4-2-1-3-5-6;1-2(4)3(5)6/h1-5H;1H3. The van der Waals surface area contributed by atoms with Gasteiger partial charge in [0.2, 0.25) is 0 Å². The lowest BCUT2D eigenvalue weighted by Crippen LogP contribution is -1.76. The second kappa shape index (κ2) is 7.54. The summed E-state index contributed by atoms with van der Waals surface area (Å²) >= 11 is 0. The third kappa shape index (κ3) is 6.44. The Morgan fingerprint density at radius 1 is 0.765 bits per heavy atom. The Bertz CT molecular complexity index is 385. The van der Waals surface area contributed by atoms with Gasteiger partial charge in [0.25, 0.3) is 0 Å². The fourth-order valence-corrected chi connectivity index (χ4v) is 0.694. The molecule has 0 fully saturated rings. The van der Waals surface area contributed by atoms with Gasteiger partial charge in [-0.05, 0) is 6.92 Å². The van der Waals surface area contributed by atoms with Crippen LogP contribution in [-0.4, -0.2) is 0 Å². The highest BCUT2D eigenvalue weighted by atomic mass is 19.3. The average molecular weight is 254 g/mol. The molecule has 0 radical (unpaired) electrons. The largest absolute Gasteiger partial charge is 0.306 e. The molecule has 0 N–H and O–H groups in total. The van der Waals surface area contributed by atoms with Gasteiger partial charge in [-0.1, -0.05) is 30.3 Å². The van der Waals surface area contributed by atoms with Crippen LogP contribution in [0.15, 0.2) is 48.3 Å². The van der Waals surface area contributed by atoms with E-state index in [0.717, 1.165) is 0 Å². The summed E-state index contributed by atoms with van der Waals surface area (Å²) in [6.45, 7) is 0.704. The van der Waals surface area contributed by atoms with Crippen LogP contribution >= 0.6 is 0 Å². The molecular weight excluding hydrogens is 246 g/mol. The van der Waals surface area contributed by atoms with Crippen LogP contribution in [0.2, 0.25) is 0 Å². The molecule has 1 aromatic rings. The first-order valence-corrected chi connectivity index (χ1v) is 4.29. The Hall–Kier alpha value is -1.72. The van der Waals surface area contributed by atoms with Gasteiger partial charge in [-0.25, -0.2) is 8.78 Å². The zero-order valence-corrected chi connectivity index (χ0v) is 8.65. The third-order valence-corrected chi connectivity index (χ3v) is 1.45. The lowest BCUT2D eigenvalue weighted by atomic mass is 10.2. The predicted molar refractivity (Wildman–Crippen MR) is 52.7 cm³/mol. The Morgan fingerprint density at radius 3 is 1.47 bits per heavy atom. The van der Waals surface area contributed by atoms with Gasteiger partial charge in [0, 0.05) is 5.56 Å². The van der Waals surface area contributed by atoms with Crippen molar-refractivity contribution in [1.29, 1.82) is 0 Å². The first-order chi connectivity index (χ1) is 7.86. The van der Waals surface area contributed by atoms with Crippen LogP contribution < -0.4 is 0 Å². The van der Waals surface area contributed by atoms with Crippen LogP contribution in [0.25, 0.3) is 5.83 Å². The number of allylic oxidation sites excluding steroid dienone is 1. The molecule has 0 atom stereocenters. The van der Waals surface area contributed by atoms with Crippen molar-refractivity contribution in [2.45, 2.75) is 6.92 Å². The fourth-order valence-electron chi connectivity index (χ4n) is 0.694. The number of halogens is 6. The van der Waals surface area contributed by atoms with Crippen LogP contribution in [0, 0.1) is 0 Å². The molecule has 0 amide bonds. The summed E-state index contributed by atoms with van der Waals surface area (Å²) in [5.74, 6) is -2.86. The maximum absolute atomic E-state index is 12.4. The molecule has 0 nitrogen and oxygen atoms in total. The zero-order valence-electron chi connectivity index (χ0n) is 8.65. The van der Waals surface area contributed by atoms with Gasteiger partial charge in [0.15, 0.2) is 11.7 Å². The Labute approximate surface area is 93.9 Å². The molecule has 0 aliphatic carbocycles. The van der Waals surface area contributed by atoms with E-state index in [2.05, 4.69) is 0 Å². The van der Waals surface area contributed by atoms with E-state index < -0.39 is 23.8 Å². The molecule has 17 heavy (non-hydrogen) atoms. The lowest BCUT2D eigenvalue weighted by Gasteiger charge is -1.93. The predicted octanol–water partition coefficient (Wildman–Crippen LogP) is 5.31. The van der Waals surface area contributed by atoms with E-state index in [4.69, 9.17) is 0 Å². The third-order valence-electron chi connectivity index (χ3n) is 1.45. The van der Waals surface area contributed by atoms with Gasteiger partial charge < -0.3 is 0 Å². The van der Waals surface area contributed by atoms with Crippen LogP contribution in [0.1, 0.15) is 12.5 Å². The minimum atomic E-state index is -2.28. The summed E-state index contributed by atoms with van der Waals surface area (Å²) in [5, 5.41) is 0. The maximum Gasteiger partial charge on any atom is 0.306 e. The van der Waals surface area contributed by atoms with Gasteiger partial charge in [0.05, 0.1) is 0 Å². The number of hydrogen-bond acceptors (Lipinski definition) is 0. The van der Waals surface area contributed by atoms with Crippen molar-refractivity contribution in [3.05, 3.63) is 53.9 Å². The topological polar surface area (TPSA) is 0 Å². The summed E-state index contributed by atoms with van der Waals surface area (Å²) in [6, 6.07) is 7.20. The lowest BCUT2D eigenvalue weighted by molar-refractivity contribution is 0.380. The van der Waals surface area contributed by atoms with Crippen LogP contribution in [0.4, 0.5) is 26.3 Å². The molecule has 0 bridgehead atoms. The summed E-state index contributed by atoms with van der Waals surface area (Å²) in [6.07, 6.45) is -4.52. The van der Waals surface area contributed by atoms with Gasteiger partial charge in [-0.2, -0.15) is 17.6 Å². The molecule has 0 spiro atoms. The Morgan fingerprint density at radius 2 is 1.18 bits per heavy atom. The SMILES string of the molecule is CC(F)=C(F)F.FC(F)=C(F)c1ccccc1. The van der Waals surface area contributed by atoms with E-state index in [9.17, 15) is 26.3 Å². The van der Waals surface area contributed by atoms with E-state index in [1.807, 2.05) is 0 Å². The monoisotopic (exact) mass is 254 g/mol. The number of rotatable bonds is 1. The van der Waals surface area contributed by atoms with Gasteiger partial charge in [0.1, 0.15) is 0 Å². The van der Waals surface area contributed by atoms with Gasteiger partial charge in [-0.15, -0.1) is 0 Å². The fraction of sp³-hybridized carbons (Fsp3) is 0.0909. The van der Waals surface area contributed by atoms with E-state index in [-0.39, 0.29) is 5.56 Å². The average Bonchev–Trinajstić information content (AvgIpc) is 2.29. The highest BCUT2D eigenvalue weighted by Gasteiger charge is 2.05. The van der Waals surface area contributed by atoms with E-state index >= 15 is 0 Å². The van der Waals surface area contributed by atoms with Crippen LogP contribution in [0.5, 0.6) is 0 Å². The second-order valence-corrected chi connectivity index (χ2v) is 2.73. The zero-order chi connectivity index (χ0) is 13.4. The highest BCUT2D eigenvalue weighted by Crippen LogP contribution is 2.20. The Balaban J connectivity index is 0.000000366. The van der Waals surface area contributed by atoms with E-state index in [1.54, 1.807) is 6.07 Å². The van der Waals surface area contributed by atoms with Crippen molar-refractivity contribution < 1.29 is 26.3 Å². The summed E-state index contributed by atoms with van der Waals surface area (Å²) in [5.41, 5.74) is -0.0903. The minimum Gasteiger partial charge on any atom is -0.206 e. The van der Waals surface area contributed by atoms with Crippen LogP contribution in [-0.2, 0) is 0 Å². The normalized spacial score (nSPS) is 8.88. The van der Waals surface area contributed by atoms with Crippen LogP contribution in [0.3, 0.4) is 0 Å². The summed E-state index contributed by atoms with van der Waals surface area (Å²) in [4.78, 5) is 0. The van der Waals surface area contributed by atoms with Crippen molar-refractivity contribution in [2.24, 2.45) is 0 Å². The van der Waals surface area contributed by atoms with Crippen molar-refractivity contribution >= 4 is 5.83 Å². The second-order valence-electron chi connectivity index (χ2n) is 2.73. The number of benzene rings is 1. The van der Waals surface area contributed by atoms with Crippen molar-refractivity contribution in [2.75, 3.05) is 0 Å². The first kappa shape index (κ1) is 15.3. The quantitative estimate of drug-likeness (QED) is 0.596. The van der Waals surface area contributed by atoms with Crippen molar-refractivity contribution in [3.8, 4) is 0 Å². The molecule has 0 heterocycles. The van der Waals surface area contributed by atoms with Gasteiger partial charge >= 0.3 is 12.2 Å². The molecule has 1 aromatic carbocycles. The smallest absolute Gasteiger partial charge is 0.206 e. The molecule has 0 saturated heterocycles. The molecular formula is C11H8F6. The van der Waals surface area contributed by atoms with Crippen molar-refractivity contribution in [1.82, 2.24) is 0 Å². The Kier molecular flexibility index (Phi) is 6.77. The molecule has 0 saturated carbocycles. The van der Waals surface area contributed by atoms with E-state index in [0.29, 0.717) is 6.92 Å². The maximum atomic E-state index is 12.4. The molecule has 6 heteroatoms. The molecule has 0 aliphatic heterocycles. The molecule has 1 rings (SSSR count).